The number of hydrogen-bond donors (Lipinski definition) is 1. The average Bonchev–Trinajstić information content (AvgIpc) is 3.06. The number of hydrogen-bond acceptors (Lipinski definition) is 5. The third-order valence-electron chi connectivity index (χ3n) is 4.52. The molecule has 1 aromatic heterocycles. The van der Waals surface area contributed by atoms with Gasteiger partial charge in [0.05, 0.1) is 26.0 Å². The Morgan fingerprint density at radius 2 is 2.26 bits per heavy atom. The standard InChI is InChI=1S/C17H24N4O2/c1-13-8-17(23-2)6-5-14(13)9-20-7-3-4-16(11-20)21-10-15(12-22)18-19-21/h5-6,8,10,16,22H,3-4,7,9,11-12H2,1-2H3. The van der Waals surface area contributed by atoms with Crippen molar-refractivity contribution in [1.82, 2.24) is 19.9 Å². The molecule has 2 heterocycles. The van der Waals surface area contributed by atoms with Crippen molar-refractivity contribution in [3.05, 3.63) is 41.2 Å². The molecule has 1 saturated heterocycles. The molecule has 0 amide bonds. The third-order valence-corrected chi connectivity index (χ3v) is 4.52. The van der Waals surface area contributed by atoms with Gasteiger partial charge in [0.15, 0.2) is 0 Å². The lowest BCUT2D eigenvalue weighted by Crippen LogP contribution is -2.36. The van der Waals surface area contributed by atoms with E-state index in [1.54, 1.807) is 7.11 Å². The maximum Gasteiger partial charge on any atom is 0.119 e. The quantitative estimate of drug-likeness (QED) is 0.913. The second-order valence-corrected chi connectivity index (χ2v) is 6.17. The van der Waals surface area contributed by atoms with Crippen LogP contribution in [0.1, 0.15) is 35.7 Å². The summed E-state index contributed by atoms with van der Waals surface area (Å²) >= 11 is 0. The Hall–Kier alpha value is -1.92. The van der Waals surface area contributed by atoms with Crippen molar-refractivity contribution in [2.24, 2.45) is 0 Å². The molecule has 1 aliphatic heterocycles. The lowest BCUT2D eigenvalue weighted by molar-refractivity contribution is 0.161. The Balaban J connectivity index is 1.66. The number of rotatable bonds is 5. The van der Waals surface area contributed by atoms with E-state index in [0.717, 1.165) is 38.2 Å². The molecular weight excluding hydrogens is 292 g/mol. The summed E-state index contributed by atoms with van der Waals surface area (Å²) in [6.45, 7) is 5.07. The Morgan fingerprint density at radius 3 is 2.96 bits per heavy atom. The fourth-order valence-electron chi connectivity index (χ4n) is 3.17. The molecule has 1 atom stereocenters. The predicted octanol–water partition coefficient (Wildman–Crippen LogP) is 1.92. The van der Waals surface area contributed by atoms with Gasteiger partial charge in [-0.15, -0.1) is 5.10 Å². The van der Waals surface area contributed by atoms with Crippen LogP contribution in [0.25, 0.3) is 0 Å². The molecule has 0 aliphatic carbocycles. The van der Waals surface area contributed by atoms with Crippen molar-refractivity contribution in [2.75, 3.05) is 20.2 Å². The Kier molecular flexibility index (Phi) is 4.93. The van der Waals surface area contributed by atoms with E-state index in [1.807, 2.05) is 16.9 Å². The first-order chi connectivity index (χ1) is 11.2. The van der Waals surface area contributed by atoms with Gasteiger partial charge in [-0.2, -0.15) is 0 Å². The number of nitrogens with zero attached hydrogens (tertiary/aromatic N) is 4. The van der Waals surface area contributed by atoms with Crippen molar-refractivity contribution in [3.8, 4) is 5.75 Å². The van der Waals surface area contributed by atoms with Crippen LogP contribution in [0.4, 0.5) is 0 Å². The SMILES string of the molecule is COc1ccc(CN2CCCC(n3cc(CO)nn3)C2)c(C)c1. The number of methoxy groups -OCH3 is 1. The lowest BCUT2D eigenvalue weighted by Gasteiger charge is -2.32. The van der Waals surface area contributed by atoms with Crippen LogP contribution in [0, 0.1) is 6.92 Å². The van der Waals surface area contributed by atoms with E-state index in [0.29, 0.717) is 11.7 Å². The highest BCUT2D eigenvalue weighted by Gasteiger charge is 2.22. The summed E-state index contributed by atoms with van der Waals surface area (Å²) < 4.78 is 7.18. The van der Waals surface area contributed by atoms with Crippen LogP contribution in [-0.4, -0.2) is 45.2 Å². The van der Waals surface area contributed by atoms with Gasteiger partial charge < -0.3 is 9.84 Å². The van der Waals surface area contributed by atoms with Crippen LogP contribution in [-0.2, 0) is 13.2 Å². The number of benzene rings is 1. The highest BCUT2D eigenvalue weighted by atomic mass is 16.5. The van der Waals surface area contributed by atoms with Gasteiger partial charge in [0.25, 0.3) is 0 Å². The van der Waals surface area contributed by atoms with E-state index < -0.39 is 0 Å². The minimum absolute atomic E-state index is 0.0541. The summed E-state index contributed by atoms with van der Waals surface area (Å²) in [4.78, 5) is 2.46. The average molecular weight is 316 g/mol. The number of aliphatic hydroxyl groups excluding tert-OH is 1. The zero-order chi connectivity index (χ0) is 16.2. The Labute approximate surface area is 136 Å². The molecule has 0 bridgehead atoms. The second-order valence-electron chi connectivity index (χ2n) is 6.17. The molecule has 0 saturated carbocycles. The molecule has 0 radical (unpaired) electrons. The molecule has 6 heteroatoms. The number of piperidine rings is 1. The van der Waals surface area contributed by atoms with E-state index in [9.17, 15) is 0 Å². The lowest BCUT2D eigenvalue weighted by atomic mass is 10.0. The number of aromatic nitrogens is 3. The molecule has 1 fully saturated rings. The monoisotopic (exact) mass is 316 g/mol. The minimum Gasteiger partial charge on any atom is -0.497 e. The maximum absolute atomic E-state index is 9.13. The molecule has 1 aromatic carbocycles. The summed E-state index contributed by atoms with van der Waals surface area (Å²) in [5.41, 5.74) is 3.23. The van der Waals surface area contributed by atoms with Gasteiger partial charge in [0.1, 0.15) is 11.4 Å². The van der Waals surface area contributed by atoms with E-state index in [4.69, 9.17) is 9.84 Å². The summed E-state index contributed by atoms with van der Waals surface area (Å²) in [7, 11) is 1.70. The Bertz CT molecular complexity index is 656. The van der Waals surface area contributed by atoms with Gasteiger partial charge in [-0.25, -0.2) is 4.68 Å². The zero-order valence-corrected chi connectivity index (χ0v) is 13.8. The molecule has 2 aromatic rings. The normalized spacial score (nSPS) is 19.0. The van der Waals surface area contributed by atoms with Gasteiger partial charge in [0, 0.05) is 13.1 Å². The van der Waals surface area contributed by atoms with Crippen LogP contribution < -0.4 is 4.74 Å². The highest BCUT2D eigenvalue weighted by molar-refractivity contribution is 5.34. The van der Waals surface area contributed by atoms with Crippen molar-refractivity contribution < 1.29 is 9.84 Å². The van der Waals surface area contributed by atoms with E-state index in [-0.39, 0.29) is 6.61 Å². The first kappa shape index (κ1) is 16.0. The van der Waals surface area contributed by atoms with Crippen LogP contribution in [0.2, 0.25) is 0 Å². The number of ether oxygens (including phenoxy) is 1. The molecule has 1 unspecified atom stereocenters. The van der Waals surface area contributed by atoms with Gasteiger partial charge >= 0.3 is 0 Å². The number of aryl methyl sites for hydroxylation is 1. The van der Waals surface area contributed by atoms with Crippen molar-refractivity contribution in [1.29, 1.82) is 0 Å². The molecule has 1 N–H and O–H groups in total. The van der Waals surface area contributed by atoms with E-state index in [2.05, 4.69) is 34.3 Å². The Morgan fingerprint density at radius 1 is 1.39 bits per heavy atom. The van der Waals surface area contributed by atoms with Gasteiger partial charge in [-0.1, -0.05) is 11.3 Å². The first-order valence-corrected chi connectivity index (χ1v) is 8.07. The van der Waals surface area contributed by atoms with Crippen molar-refractivity contribution in [2.45, 2.75) is 39.0 Å². The predicted molar refractivity (Wildman–Crippen MR) is 87.2 cm³/mol. The fraction of sp³-hybridized carbons (Fsp3) is 0.529. The van der Waals surface area contributed by atoms with Crippen molar-refractivity contribution in [3.63, 3.8) is 0 Å². The second kappa shape index (κ2) is 7.10. The van der Waals surface area contributed by atoms with E-state index >= 15 is 0 Å². The number of likely N-dealkylation sites (tertiary alicyclic amines) is 1. The number of aliphatic hydroxyl groups is 1. The van der Waals surface area contributed by atoms with Gasteiger partial charge in [-0.05, 0) is 49.6 Å². The summed E-state index contributed by atoms with van der Waals surface area (Å²) in [6.07, 6.45) is 4.10. The van der Waals surface area contributed by atoms with Crippen molar-refractivity contribution >= 4 is 0 Å². The molecular formula is C17H24N4O2. The molecule has 1 aliphatic rings. The largest absolute Gasteiger partial charge is 0.497 e. The maximum atomic E-state index is 9.13. The van der Waals surface area contributed by atoms with Gasteiger partial charge in [-0.3, -0.25) is 4.90 Å². The first-order valence-electron chi connectivity index (χ1n) is 8.07. The zero-order valence-electron chi connectivity index (χ0n) is 13.8. The molecule has 23 heavy (non-hydrogen) atoms. The smallest absolute Gasteiger partial charge is 0.119 e. The molecule has 6 nitrogen and oxygen atoms in total. The van der Waals surface area contributed by atoms with E-state index in [1.165, 1.54) is 11.1 Å². The summed E-state index contributed by atoms with van der Waals surface area (Å²) in [6, 6.07) is 6.59. The van der Waals surface area contributed by atoms with Gasteiger partial charge in [0.2, 0.25) is 0 Å². The van der Waals surface area contributed by atoms with Crippen LogP contribution in [0.15, 0.2) is 24.4 Å². The highest BCUT2D eigenvalue weighted by Crippen LogP contribution is 2.24. The third kappa shape index (κ3) is 3.71. The van der Waals surface area contributed by atoms with Crippen LogP contribution in [0.5, 0.6) is 5.75 Å². The van der Waals surface area contributed by atoms with Crippen LogP contribution in [0.3, 0.4) is 0 Å². The van der Waals surface area contributed by atoms with Crippen LogP contribution >= 0.6 is 0 Å². The fourth-order valence-corrected chi connectivity index (χ4v) is 3.17. The molecule has 124 valence electrons. The molecule has 0 spiro atoms. The summed E-state index contributed by atoms with van der Waals surface area (Å²) in [5, 5.41) is 17.3. The summed E-state index contributed by atoms with van der Waals surface area (Å²) in [5.74, 6) is 0.905. The topological polar surface area (TPSA) is 63.4 Å². The minimum atomic E-state index is -0.0541. The molecule has 3 rings (SSSR count).